The zero-order valence-electron chi connectivity index (χ0n) is 16.9. The molecular formula is C22H42O2. The molecule has 2 saturated carbocycles. The summed E-state index contributed by atoms with van der Waals surface area (Å²) in [7, 11) is 0. The number of rotatable bonds is 7. The van der Waals surface area contributed by atoms with E-state index < -0.39 is 0 Å². The van der Waals surface area contributed by atoms with Crippen LogP contribution in [0.25, 0.3) is 0 Å². The van der Waals surface area contributed by atoms with Crippen molar-refractivity contribution in [1.29, 1.82) is 0 Å². The van der Waals surface area contributed by atoms with Gasteiger partial charge in [-0.05, 0) is 56.3 Å². The van der Waals surface area contributed by atoms with Crippen molar-refractivity contribution >= 4 is 0 Å². The minimum absolute atomic E-state index is 0.0394. The van der Waals surface area contributed by atoms with Crippen LogP contribution in [0.15, 0.2) is 12.2 Å². The average Bonchev–Trinajstić information content (AvgIpc) is 3.20. The molecule has 2 rings (SSSR count). The molecule has 2 atom stereocenters. The minimum Gasteiger partial charge on any atom is -0.393 e. The SMILES string of the molecule is C=C(C)CO[C@@H](C(C)C)C1CCCC1.CC(C)[C@H](O)C1CCCC1. The van der Waals surface area contributed by atoms with Gasteiger partial charge in [0, 0.05) is 0 Å². The average molecular weight is 339 g/mol. The zero-order valence-corrected chi connectivity index (χ0v) is 16.9. The first kappa shape index (κ1) is 21.7. The number of ether oxygens (including phenoxy) is 1. The standard InChI is InChI=1S/C13H24O.C9H18O/c1-10(2)9-14-13(11(3)4)12-7-5-6-8-12;1-7(2)9(10)8-5-3-4-6-8/h11-13H,1,5-9H2,2-4H3;7-10H,3-6H2,1-2H3/t13-;9-/m00/s1. The molecule has 0 bridgehead atoms. The molecule has 142 valence electrons. The van der Waals surface area contributed by atoms with Crippen molar-refractivity contribution in [2.75, 3.05) is 6.61 Å². The molecule has 0 heterocycles. The number of hydrogen-bond acceptors (Lipinski definition) is 2. The van der Waals surface area contributed by atoms with Crippen LogP contribution in [0.1, 0.15) is 86.0 Å². The highest BCUT2D eigenvalue weighted by Crippen LogP contribution is 2.32. The van der Waals surface area contributed by atoms with Crippen LogP contribution in [0.4, 0.5) is 0 Å². The van der Waals surface area contributed by atoms with Gasteiger partial charge in [0.05, 0.1) is 18.8 Å². The van der Waals surface area contributed by atoms with E-state index in [1.165, 1.54) is 51.4 Å². The molecule has 0 aromatic heterocycles. The quantitative estimate of drug-likeness (QED) is 0.578. The Hall–Kier alpha value is -0.340. The highest BCUT2D eigenvalue weighted by molar-refractivity contribution is 4.89. The summed E-state index contributed by atoms with van der Waals surface area (Å²) in [6.45, 7) is 15.4. The van der Waals surface area contributed by atoms with Crippen molar-refractivity contribution < 1.29 is 9.84 Å². The van der Waals surface area contributed by atoms with Gasteiger partial charge < -0.3 is 9.84 Å². The second-order valence-corrected chi connectivity index (χ2v) is 8.80. The summed E-state index contributed by atoms with van der Waals surface area (Å²) in [5.41, 5.74) is 1.13. The molecule has 0 amide bonds. The lowest BCUT2D eigenvalue weighted by atomic mass is 9.92. The summed E-state index contributed by atoms with van der Waals surface area (Å²) in [6, 6.07) is 0. The van der Waals surface area contributed by atoms with E-state index in [4.69, 9.17) is 4.74 Å². The van der Waals surface area contributed by atoms with E-state index in [1.807, 2.05) is 6.92 Å². The fraction of sp³-hybridized carbons (Fsp3) is 0.909. The third kappa shape index (κ3) is 7.70. The Morgan fingerprint density at radius 1 is 0.917 bits per heavy atom. The van der Waals surface area contributed by atoms with Crippen molar-refractivity contribution in [3.05, 3.63) is 12.2 Å². The van der Waals surface area contributed by atoms with Gasteiger partial charge in [0.1, 0.15) is 0 Å². The predicted molar refractivity (Wildman–Crippen MR) is 104 cm³/mol. The van der Waals surface area contributed by atoms with E-state index in [2.05, 4.69) is 34.3 Å². The van der Waals surface area contributed by atoms with Crippen molar-refractivity contribution in [3.63, 3.8) is 0 Å². The van der Waals surface area contributed by atoms with Gasteiger partial charge in [-0.1, -0.05) is 65.5 Å². The van der Waals surface area contributed by atoms with Crippen LogP contribution in [-0.2, 0) is 4.74 Å². The number of hydrogen-bond donors (Lipinski definition) is 1. The Kier molecular flexibility index (Phi) is 10.2. The lowest BCUT2D eigenvalue weighted by molar-refractivity contribution is -0.00416. The van der Waals surface area contributed by atoms with E-state index in [0.29, 0.717) is 23.9 Å². The molecule has 0 saturated heterocycles. The fourth-order valence-electron chi connectivity index (χ4n) is 4.24. The lowest BCUT2D eigenvalue weighted by Gasteiger charge is -2.27. The molecule has 0 aromatic carbocycles. The Bertz CT molecular complexity index is 336. The van der Waals surface area contributed by atoms with Gasteiger partial charge in [0.25, 0.3) is 0 Å². The van der Waals surface area contributed by atoms with Crippen molar-refractivity contribution in [1.82, 2.24) is 0 Å². The molecule has 0 radical (unpaired) electrons. The molecular weight excluding hydrogens is 296 g/mol. The van der Waals surface area contributed by atoms with Gasteiger partial charge in [-0.3, -0.25) is 0 Å². The van der Waals surface area contributed by atoms with E-state index in [1.54, 1.807) is 0 Å². The van der Waals surface area contributed by atoms with Crippen LogP contribution in [0.3, 0.4) is 0 Å². The van der Waals surface area contributed by atoms with Gasteiger partial charge in [0.2, 0.25) is 0 Å². The van der Waals surface area contributed by atoms with Crippen LogP contribution in [0.5, 0.6) is 0 Å². The summed E-state index contributed by atoms with van der Waals surface area (Å²) in [4.78, 5) is 0. The predicted octanol–water partition coefficient (Wildman–Crippen LogP) is 5.99. The van der Waals surface area contributed by atoms with Crippen LogP contribution >= 0.6 is 0 Å². The van der Waals surface area contributed by atoms with E-state index in [9.17, 15) is 5.11 Å². The van der Waals surface area contributed by atoms with E-state index in [0.717, 1.165) is 18.1 Å². The maximum Gasteiger partial charge on any atom is 0.0675 e. The first-order valence-electron chi connectivity index (χ1n) is 10.3. The van der Waals surface area contributed by atoms with Crippen LogP contribution in [-0.4, -0.2) is 23.9 Å². The summed E-state index contributed by atoms with van der Waals surface area (Å²) >= 11 is 0. The van der Waals surface area contributed by atoms with E-state index >= 15 is 0 Å². The second-order valence-electron chi connectivity index (χ2n) is 8.80. The van der Waals surface area contributed by atoms with E-state index in [-0.39, 0.29) is 6.10 Å². The summed E-state index contributed by atoms with van der Waals surface area (Å²) in [6.07, 6.45) is 11.1. The Balaban J connectivity index is 0.000000254. The monoisotopic (exact) mass is 338 g/mol. The largest absolute Gasteiger partial charge is 0.393 e. The normalized spacial score (nSPS) is 21.8. The number of aliphatic hydroxyl groups excluding tert-OH is 1. The molecule has 2 nitrogen and oxygen atoms in total. The van der Waals surface area contributed by atoms with Gasteiger partial charge in [-0.2, -0.15) is 0 Å². The number of aliphatic hydroxyl groups is 1. The molecule has 2 aliphatic carbocycles. The first-order chi connectivity index (χ1) is 11.3. The molecule has 2 aliphatic rings. The van der Waals surface area contributed by atoms with Gasteiger partial charge in [-0.15, -0.1) is 0 Å². The molecule has 0 aromatic rings. The Labute approximate surface area is 151 Å². The highest BCUT2D eigenvalue weighted by Gasteiger charge is 2.28. The minimum atomic E-state index is -0.0394. The van der Waals surface area contributed by atoms with Gasteiger partial charge in [-0.25, -0.2) is 0 Å². The smallest absolute Gasteiger partial charge is 0.0675 e. The third-order valence-corrected chi connectivity index (χ3v) is 5.61. The molecule has 0 unspecified atom stereocenters. The fourth-order valence-corrected chi connectivity index (χ4v) is 4.24. The van der Waals surface area contributed by atoms with Crippen LogP contribution in [0.2, 0.25) is 0 Å². The van der Waals surface area contributed by atoms with Gasteiger partial charge in [0.15, 0.2) is 0 Å². The summed E-state index contributed by atoms with van der Waals surface area (Å²) in [5.74, 6) is 2.50. The summed E-state index contributed by atoms with van der Waals surface area (Å²) in [5, 5.41) is 9.63. The van der Waals surface area contributed by atoms with Crippen LogP contribution in [0, 0.1) is 23.7 Å². The second kappa shape index (κ2) is 11.3. The van der Waals surface area contributed by atoms with Crippen molar-refractivity contribution in [3.8, 4) is 0 Å². The molecule has 2 fully saturated rings. The molecule has 24 heavy (non-hydrogen) atoms. The summed E-state index contributed by atoms with van der Waals surface area (Å²) < 4.78 is 5.95. The van der Waals surface area contributed by atoms with Crippen LogP contribution < -0.4 is 0 Å². The first-order valence-corrected chi connectivity index (χ1v) is 10.3. The molecule has 1 N–H and O–H groups in total. The lowest BCUT2D eigenvalue weighted by Crippen LogP contribution is -2.28. The molecule has 2 heteroatoms. The topological polar surface area (TPSA) is 29.5 Å². The van der Waals surface area contributed by atoms with Gasteiger partial charge >= 0.3 is 0 Å². The Morgan fingerprint density at radius 3 is 1.75 bits per heavy atom. The highest BCUT2D eigenvalue weighted by atomic mass is 16.5. The van der Waals surface area contributed by atoms with Crippen molar-refractivity contribution in [2.24, 2.45) is 23.7 Å². The third-order valence-electron chi connectivity index (χ3n) is 5.61. The maximum absolute atomic E-state index is 9.63. The maximum atomic E-state index is 9.63. The van der Waals surface area contributed by atoms with Crippen molar-refractivity contribution in [2.45, 2.75) is 98.2 Å². The molecule has 0 spiro atoms. The Morgan fingerprint density at radius 2 is 1.38 bits per heavy atom. The zero-order chi connectivity index (χ0) is 18.1. The molecule has 0 aliphatic heterocycles.